The lowest BCUT2D eigenvalue weighted by Gasteiger charge is -2.43. The van der Waals surface area contributed by atoms with Gasteiger partial charge in [-0.1, -0.05) is 17.2 Å². The maximum atomic E-state index is 11.7. The summed E-state index contributed by atoms with van der Waals surface area (Å²) in [6.07, 6.45) is 4.76. The Kier molecular flexibility index (Phi) is 5.14. The van der Waals surface area contributed by atoms with E-state index in [2.05, 4.69) is 33.3 Å². The van der Waals surface area contributed by atoms with Gasteiger partial charge in [-0.25, -0.2) is 0 Å². The van der Waals surface area contributed by atoms with Crippen LogP contribution in [0.3, 0.4) is 0 Å². The molecule has 1 rings (SSSR count). The van der Waals surface area contributed by atoms with Crippen molar-refractivity contribution in [3.63, 3.8) is 0 Å². The number of ether oxygens (including phenoxy) is 1. The van der Waals surface area contributed by atoms with Crippen LogP contribution in [0.1, 0.15) is 44.5 Å². The summed E-state index contributed by atoms with van der Waals surface area (Å²) in [5.74, 6) is 1.43. The summed E-state index contributed by atoms with van der Waals surface area (Å²) in [5, 5.41) is 0. The third kappa shape index (κ3) is 3.69. The Labute approximate surface area is 124 Å². The molecule has 0 aliphatic rings. The molecule has 0 aliphatic carbocycles. The predicted molar refractivity (Wildman–Crippen MR) is 87.4 cm³/mol. The first-order valence-corrected chi connectivity index (χ1v) is 9.13. The highest BCUT2D eigenvalue weighted by molar-refractivity contribution is 8.30. The summed E-state index contributed by atoms with van der Waals surface area (Å²) in [6, 6.07) is 5.41. The van der Waals surface area contributed by atoms with Gasteiger partial charge in [-0.15, -0.1) is 0 Å². The number of ketones is 1. The fraction of sp³-hybridized carbons (Fsp3) is 0.562. The molecule has 0 unspecified atom stereocenters. The van der Waals surface area contributed by atoms with Crippen molar-refractivity contribution in [2.45, 2.75) is 38.9 Å². The molecule has 4 heteroatoms. The lowest BCUT2D eigenvalue weighted by atomic mass is 10.1. The highest BCUT2D eigenvalue weighted by Gasteiger charge is 2.31. The molecule has 0 spiro atoms. The number of rotatable bonds is 5. The van der Waals surface area contributed by atoms with E-state index in [0.717, 1.165) is 0 Å². The second kappa shape index (κ2) is 6.08. The molecule has 0 aromatic heterocycles. The van der Waals surface area contributed by atoms with Gasteiger partial charge in [0, 0.05) is 16.7 Å². The average Bonchev–Trinajstić information content (AvgIpc) is 2.36. The summed E-state index contributed by atoms with van der Waals surface area (Å²) in [4.78, 5) is 11.7. The van der Waals surface area contributed by atoms with Crippen LogP contribution >= 0.6 is 10.3 Å². The molecule has 0 radical (unpaired) electrons. The molecule has 0 fully saturated rings. The Bertz CT molecular complexity index is 487. The summed E-state index contributed by atoms with van der Waals surface area (Å²) in [7, 11) is 0.312. The van der Waals surface area contributed by atoms with Gasteiger partial charge in [0.05, 0.1) is 7.11 Å². The molecule has 114 valence electrons. The van der Waals surface area contributed by atoms with Crippen LogP contribution in [0.5, 0.6) is 11.5 Å². The van der Waals surface area contributed by atoms with Crippen LogP contribution in [0.15, 0.2) is 18.2 Å². The smallest absolute Gasteiger partial charge is 0.176 e. The van der Waals surface area contributed by atoms with Crippen LogP contribution in [0.4, 0.5) is 0 Å². The number of methoxy groups -OCH3 is 1. The van der Waals surface area contributed by atoms with E-state index in [4.69, 9.17) is 8.92 Å². The third-order valence-corrected chi connectivity index (χ3v) is 7.13. The number of hydrogen-bond acceptors (Lipinski definition) is 3. The SMILES string of the molecule is CCC(=O)c1ccc(OS(C)(C)C(C)(C)C)c(OC)c1. The second-order valence-electron chi connectivity index (χ2n) is 6.07. The Morgan fingerprint density at radius 3 is 2.25 bits per heavy atom. The molecule has 1 aromatic carbocycles. The molecular formula is C16H26O3S. The highest BCUT2D eigenvalue weighted by atomic mass is 32.3. The van der Waals surface area contributed by atoms with Crippen molar-refractivity contribution in [2.75, 3.05) is 19.6 Å². The van der Waals surface area contributed by atoms with Crippen LogP contribution in [0, 0.1) is 0 Å². The second-order valence-corrected chi connectivity index (χ2v) is 9.93. The van der Waals surface area contributed by atoms with Crippen LogP contribution in [-0.4, -0.2) is 30.2 Å². The number of Topliss-reactive ketones (excluding diaryl/α,β-unsaturated/α-hetero) is 1. The van der Waals surface area contributed by atoms with E-state index in [9.17, 15) is 4.79 Å². The molecule has 1 aromatic rings. The van der Waals surface area contributed by atoms with Gasteiger partial charge in [-0.05, 0) is 51.5 Å². The monoisotopic (exact) mass is 298 g/mol. The Hall–Kier alpha value is -1.16. The van der Waals surface area contributed by atoms with Gasteiger partial charge in [0.15, 0.2) is 17.3 Å². The van der Waals surface area contributed by atoms with E-state index in [0.29, 0.717) is 23.5 Å². The summed E-state index contributed by atoms with van der Waals surface area (Å²) in [5.41, 5.74) is 0.667. The Morgan fingerprint density at radius 2 is 1.80 bits per heavy atom. The zero-order valence-electron chi connectivity index (χ0n) is 13.6. The quantitative estimate of drug-likeness (QED) is 0.754. The van der Waals surface area contributed by atoms with Crippen molar-refractivity contribution in [1.82, 2.24) is 0 Å². The van der Waals surface area contributed by atoms with Gasteiger partial charge in [0.1, 0.15) is 0 Å². The van der Waals surface area contributed by atoms with E-state index in [1.54, 1.807) is 13.2 Å². The van der Waals surface area contributed by atoms with Gasteiger partial charge in [0.2, 0.25) is 0 Å². The summed E-state index contributed by atoms with van der Waals surface area (Å²) in [6.45, 7) is 8.36. The van der Waals surface area contributed by atoms with Gasteiger partial charge < -0.3 is 8.92 Å². The minimum atomic E-state index is -1.29. The molecular weight excluding hydrogens is 272 g/mol. The van der Waals surface area contributed by atoms with Crippen molar-refractivity contribution in [2.24, 2.45) is 0 Å². The van der Waals surface area contributed by atoms with E-state index < -0.39 is 10.3 Å². The van der Waals surface area contributed by atoms with Gasteiger partial charge in [-0.3, -0.25) is 4.79 Å². The van der Waals surface area contributed by atoms with Crippen molar-refractivity contribution >= 4 is 16.1 Å². The summed E-state index contributed by atoms with van der Waals surface area (Å²) >= 11 is 0. The number of hydrogen-bond donors (Lipinski definition) is 0. The first-order chi connectivity index (χ1) is 9.12. The maximum Gasteiger partial charge on any atom is 0.176 e. The molecule has 0 atom stereocenters. The van der Waals surface area contributed by atoms with Crippen LogP contribution in [0.25, 0.3) is 0 Å². The highest BCUT2D eigenvalue weighted by Crippen LogP contribution is 2.54. The molecule has 0 saturated heterocycles. The standard InChI is InChI=1S/C16H26O3S/c1-8-13(17)12-9-10-14(15(11-12)18-5)19-20(6,7)16(2,3)4/h9-11H,8H2,1-7H3. The third-order valence-electron chi connectivity index (χ3n) is 3.58. The number of carbonyl (C=O) groups is 1. The van der Waals surface area contributed by atoms with Gasteiger partial charge in [0.25, 0.3) is 0 Å². The van der Waals surface area contributed by atoms with Crippen LogP contribution in [-0.2, 0) is 0 Å². The lowest BCUT2D eigenvalue weighted by Crippen LogP contribution is -2.27. The van der Waals surface area contributed by atoms with E-state index in [-0.39, 0.29) is 10.5 Å². The fourth-order valence-corrected chi connectivity index (χ4v) is 2.30. The zero-order chi connectivity index (χ0) is 15.6. The molecule has 0 N–H and O–H groups in total. The lowest BCUT2D eigenvalue weighted by molar-refractivity contribution is 0.0988. The molecule has 0 aliphatic heterocycles. The van der Waals surface area contributed by atoms with Gasteiger partial charge in [-0.2, -0.15) is 0 Å². The van der Waals surface area contributed by atoms with Crippen molar-refractivity contribution in [1.29, 1.82) is 0 Å². The summed E-state index contributed by atoms with van der Waals surface area (Å²) < 4.78 is 11.6. The molecule has 0 heterocycles. The van der Waals surface area contributed by atoms with Crippen molar-refractivity contribution in [3.05, 3.63) is 23.8 Å². The van der Waals surface area contributed by atoms with Crippen molar-refractivity contribution in [3.8, 4) is 11.5 Å². The van der Waals surface area contributed by atoms with Gasteiger partial charge >= 0.3 is 0 Å². The molecule has 3 nitrogen and oxygen atoms in total. The molecule has 20 heavy (non-hydrogen) atoms. The van der Waals surface area contributed by atoms with Crippen molar-refractivity contribution < 1.29 is 13.7 Å². The van der Waals surface area contributed by atoms with E-state index >= 15 is 0 Å². The maximum absolute atomic E-state index is 11.7. The minimum Gasteiger partial charge on any atom is -0.493 e. The Balaban J connectivity index is 3.11. The minimum absolute atomic E-state index is 0.0654. The zero-order valence-corrected chi connectivity index (χ0v) is 14.4. The molecule has 0 bridgehead atoms. The Morgan fingerprint density at radius 1 is 1.20 bits per heavy atom. The average molecular weight is 298 g/mol. The molecule has 0 amide bonds. The molecule has 0 saturated carbocycles. The number of benzene rings is 1. The van der Waals surface area contributed by atoms with E-state index in [1.165, 1.54) is 0 Å². The van der Waals surface area contributed by atoms with Crippen LogP contribution in [0.2, 0.25) is 0 Å². The van der Waals surface area contributed by atoms with E-state index in [1.807, 2.05) is 19.1 Å². The normalized spacial score (nSPS) is 12.9. The first-order valence-electron chi connectivity index (χ1n) is 6.76. The number of carbonyl (C=O) groups excluding carboxylic acids is 1. The topological polar surface area (TPSA) is 35.5 Å². The largest absolute Gasteiger partial charge is 0.493 e. The predicted octanol–water partition coefficient (Wildman–Crippen LogP) is 4.44. The van der Waals surface area contributed by atoms with Crippen LogP contribution < -0.4 is 8.92 Å². The first kappa shape index (κ1) is 16.9. The fourth-order valence-electron chi connectivity index (χ4n) is 1.46.